The van der Waals surface area contributed by atoms with E-state index in [2.05, 4.69) is 5.32 Å². The van der Waals surface area contributed by atoms with Crippen LogP contribution in [0.4, 0.5) is 0 Å². The van der Waals surface area contributed by atoms with Crippen molar-refractivity contribution in [1.82, 2.24) is 10.2 Å². The van der Waals surface area contributed by atoms with E-state index in [1.54, 1.807) is 37.3 Å². The maximum atomic E-state index is 13.0. The van der Waals surface area contributed by atoms with Gasteiger partial charge >= 0.3 is 0 Å². The molecule has 34 heavy (non-hydrogen) atoms. The molecule has 0 fully saturated rings. The minimum atomic E-state index is -1.15. The van der Waals surface area contributed by atoms with Crippen molar-refractivity contribution in [1.29, 1.82) is 5.41 Å². The molecule has 0 bridgehead atoms. The van der Waals surface area contributed by atoms with Crippen LogP contribution in [0.1, 0.15) is 34.0 Å². The topological polar surface area (TPSA) is 170 Å². The lowest BCUT2D eigenvalue weighted by Crippen LogP contribution is -2.48. The summed E-state index contributed by atoms with van der Waals surface area (Å²) in [6, 6.07) is 9.81. The fourth-order valence-corrected chi connectivity index (χ4v) is 3.52. The molecule has 0 spiro atoms. The van der Waals surface area contributed by atoms with E-state index in [0.717, 1.165) is 5.56 Å². The molecule has 0 aliphatic carbocycles. The fraction of sp³-hybridized carbons (Fsp3) is 0.304. The van der Waals surface area contributed by atoms with Gasteiger partial charge in [0.1, 0.15) is 17.3 Å². The first kappa shape index (κ1) is 24.5. The Morgan fingerprint density at radius 2 is 1.97 bits per heavy atom. The zero-order valence-corrected chi connectivity index (χ0v) is 18.9. The van der Waals surface area contributed by atoms with Gasteiger partial charge < -0.3 is 35.9 Å². The number of nitrogens with two attached hydrogens (primary N) is 2. The first-order valence-corrected chi connectivity index (χ1v) is 10.5. The van der Waals surface area contributed by atoms with Gasteiger partial charge in [0.15, 0.2) is 6.61 Å². The van der Waals surface area contributed by atoms with Crippen molar-refractivity contribution in [3.05, 3.63) is 58.7 Å². The summed E-state index contributed by atoms with van der Waals surface area (Å²) in [6.07, 6.45) is -1.15. The van der Waals surface area contributed by atoms with Gasteiger partial charge in [0.05, 0.1) is 7.11 Å². The van der Waals surface area contributed by atoms with E-state index >= 15 is 0 Å². The highest BCUT2D eigenvalue weighted by molar-refractivity contribution is 6.01. The van der Waals surface area contributed by atoms with Crippen molar-refractivity contribution in [3.63, 3.8) is 0 Å². The smallest absolute Gasteiger partial charge is 0.270 e. The Kier molecular flexibility index (Phi) is 7.69. The lowest BCUT2D eigenvalue weighted by atomic mass is 10.1. The van der Waals surface area contributed by atoms with Crippen molar-refractivity contribution in [2.75, 3.05) is 20.3 Å². The number of hydrogen-bond donors (Lipinski definition) is 4. The summed E-state index contributed by atoms with van der Waals surface area (Å²) in [5.41, 5.74) is 12.8. The molecule has 180 valence electrons. The number of rotatable bonds is 11. The standard InChI is InChI=1S/C23H27N5O6/c1-3-33-23(28-11-15-8-16(32-2)6-7-17(15)22(28)31)21(30)27-10-14-5-4-13(20(25)26)9-18(14)34-12-19(24)29/h4-9,23H,3,10-12H2,1-2H3,(H2,24,29)(H3,25,26)(H,27,30)/t23-/m0/s1. The summed E-state index contributed by atoms with van der Waals surface area (Å²) in [7, 11) is 1.54. The number of carbonyl (C=O) groups excluding carboxylic acids is 3. The third-order valence-electron chi connectivity index (χ3n) is 5.18. The molecule has 0 unspecified atom stereocenters. The average Bonchev–Trinajstić information content (AvgIpc) is 3.14. The van der Waals surface area contributed by atoms with Gasteiger partial charge in [0.25, 0.3) is 17.7 Å². The maximum Gasteiger partial charge on any atom is 0.270 e. The van der Waals surface area contributed by atoms with Crippen LogP contribution in [0.3, 0.4) is 0 Å². The van der Waals surface area contributed by atoms with E-state index in [4.69, 9.17) is 31.1 Å². The molecule has 0 saturated carbocycles. The molecule has 0 radical (unpaired) electrons. The van der Waals surface area contributed by atoms with Crippen LogP contribution in [0, 0.1) is 5.41 Å². The highest BCUT2D eigenvalue weighted by Gasteiger charge is 2.37. The van der Waals surface area contributed by atoms with Crippen molar-refractivity contribution in [2.45, 2.75) is 26.2 Å². The average molecular weight is 469 g/mol. The third-order valence-corrected chi connectivity index (χ3v) is 5.18. The Labute approximate surface area is 196 Å². The van der Waals surface area contributed by atoms with Crippen LogP contribution in [-0.4, -0.2) is 55.0 Å². The van der Waals surface area contributed by atoms with Crippen molar-refractivity contribution < 1.29 is 28.6 Å². The largest absolute Gasteiger partial charge is 0.497 e. The van der Waals surface area contributed by atoms with Crippen molar-refractivity contribution in [2.24, 2.45) is 11.5 Å². The Hall–Kier alpha value is -4.12. The van der Waals surface area contributed by atoms with Gasteiger partial charge in [-0.3, -0.25) is 19.8 Å². The van der Waals surface area contributed by atoms with E-state index in [9.17, 15) is 14.4 Å². The first-order chi connectivity index (χ1) is 16.2. The fourth-order valence-electron chi connectivity index (χ4n) is 3.52. The zero-order valence-electron chi connectivity index (χ0n) is 18.9. The van der Waals surface area contributed by atoms with Crippen LogP contribution >= 0.6 is 0 Å². The van der Waals surface area contributed by atoms with E-state index in [1.165, 1.54) is 18.1 Å². The number of nitrogens with one attached hydrogen (secondary N) is 2. The maximum absolute atomic E-state index is 13.0. The quantitative estimate of drug-likeness (QED) is 0.274. The minimum Gasteiger partial charge on any atom is -0.497 e. The molecule has 1 aliphatic rings. The predicted molar refractivity (Wildman–Crippen MR) is 122 cm³/mol. The van der Waals surface area contributed by atoms with Gasteiger partial charge in [-0.05, 0) is 36.8 Å². The molecule has 1 atom stereocenters. The van der Waals surface area contributed by atoms with Crippen LogP contribution in [0.5, 0.6) is 11.5 Å². The summed E-state index contributed by atoms with van der Waals surface area (Å²) in [5, 5.41) is 10.3. The summed E-state index contributed by atoms with van der Waals surface area (Å²) in [4.78, 5) is 38.5. The number of methoxy groups -OCH3 is 1. The van der Waals surface area contributed by atoms with E-state index in [-0.39, 0.29) is 43.8 Å². The van der Waals surface area contributed by atoms with Crippen LogP contribution < -0.4 is 26.3 Å². The molecule has 3 amide bonds. The molecule has 1 aliphatic heterocycles. The zero-order chi connectivity index (χ0) is 24.8. The summed E-state index contributed by atoms with van der Waals surface area (Å²) in [6.45, 7) is 1.77. The lowest BCUT2D eigenvalue weighted by Gasteiger charge is -2.26. The van der Waals surface area contributed by atoms with Crippen LogP contribution in [-0.2, 0) is 27.4 Å². The van der Waals surface area contributed by atoms with E-state index < -0.39 is 18.0 Å². The third kappa shape index (κ3) is 5.44. The molecule has 2 aromatic rings. The van der Waals surface area contributed by atoms with Gasteiger partial charge in [-0.2, -0.15) is 0 Å². The summed E-state index contributed by atoms with van der Waals surface area (Å²) < 4.78 is 16.3. The molecule has 3 rings (SSSR count). The molecule has 0 aromatic heterocycles. The number of nitrogens with zero attached hydrogens (tertiary/aromatic N) is 1. The van der Waals surface area contributed by atoms with Crippen LogP contribution in [0.25, 0.3) is 0 Å². The number of amides is 3. The van der Waals surface area contributed by atoms with Crippen LogP contribution in [0.15, 0.2) is 36.4 Å². The second kappa shape index (κ2) is 10.7. The number of nitrogen functional groups attached to an aromatic ring is 1. The molecule has 2 aromatic carbocycles. The monoisotopic (exact) mass is 469 g/mol. The van der Waals surface area contributed by atoms with Gasteiger partial charge in [-0.25, -0.2) is 0 Å². The number of carbonyl (C=O) groups is 3. The summed E-state index contributed by atoms with van der Waals surface area (Å²) >= 11 is 0. The second-order valence-electron chi connectivity index (χ2n) is 7.47. The molecule has 1 heterocycles. The molecule has 0 saturated heterocycles. The Morgan fingerprint density at radius 1 is 1.21 bits per heavy atom. The van der Waals surface area contributed by atoms with Gasteiger partial charge in [0, 0.05) is 36.4 Å². The number of benzene rings is 2. The number of primary amides is 1. The van der Waals surface area contributed by atoms with Gasteiger partial charge in [-0.15, -0.1) is 0 Å². The Bertz CT molecular complexity index is 1120. The molecule has 11 heteroatoms. The van der Waals surface area contributed by atoms with Crippen molar-refractivity contribution in [3.8, 4) is 11.5 Å². The molecule has 6 N–H and O–H groups in total. The van der Waals surface area contributed by atoms with E-state index in [1.807, 2.05) is 0 Å². The van der Waals surface area contributed by atoms with Crippen LogP contribution in [0.2, 0.25) is 0 Å². The Balaban J connectivity index is 1.76. The highest BCUT2D eigenvalue weighted by atomic mass is 16.5. The predicted octanol–water partition coefficient (Wildman–Crippen LogP) is 0.478. The normalized spacial score (nSPS) is 13.2. The number of hydrogen-bond acceptors (Lipinski definition) is 7. The first-order valence-electron chi connectivity index (χ1n) is 10.5. The Morgan fingerprint density at radius 3 is 2.62 bits per heavy atom. The minimum absolute atomic E-state index is 0.0114. The van der Waals surface area contributed by atoms with Gasteiger partial charge in [-0.1, -0.05) is 12.1 Å². The molecule has 11 nitrogen and oxygen atoms in total. The van der Waals surface area contributed by atoms with Crippen molar-refractivity contribution >= 4 is 23.6 Å². The lowest BCUT2D eigenvalue weighted by molar-refractivity contribution is -0.143. The number of ether oxygens (including phenoxy) is 3. The summed E-state index contributed by atoms with van der Waals surface area (Å²) in [5.74, 6) is -0.836. The number of fused-ring (bicyclic) bond motifs is 1. The SMILES string of the molecule is CCO[C@@H](C(=O)NCc1ccc(C(=N)N)cc1OCC(N)=O)N1Cc2cc(OC)ccc2C1=O. The van der Waals surface area contributed by atoms with Gasteiger partial charge in [0.2, 0.25) is 6.23 Å². The van der Waals surface area contributed by atoms with E-state index in [0.29, 0.717) is 22.4 Å². The molecular weight excluding hydrogens is 442 g/mol. The molecular formula is C23H27N5O6. The highest BCUT2D eigenvalue weighted by Crippen LogP contribution is 2.28. The number of amidine groups is 1. The second-order valence-corrected chi connectivity index (χ2v) is 7.47.